The Kier molecular flexibility index (Phi) is 5.02. The number of ether oxygens (including phenoxy) is 1. The van der Waals surface area contributed by atoms with Crippen molar-refractivity contribution in [2.24, 2.45) is 5.73 Å². The van der Waals surface area contributed by atoms with E-state index in [9.17, 15) is 9.59 Å². The number of aryl methyl sites for hydroxylation is 1. The monoisotopic (exact) mass is 342 g/mol. The number of fused-ring (bicyclic) bond motifs is 1. The summed E-state index contributed by atoms with van der Waals surface area (Å²) in [5.41, 5.74) is 7.61. The molecule has 132 valence electrons. The number of anilines is 1. The largest absolute Gasteiger partial charge is 0.497 e. The molecule has 7 nitrogen and oxygen atoms in total. The maximum Gasteiger partial charge on any atom is 0.239 e. The van der Waals surface area contributed by atoms with Gasteiger partial charge in [0, 0.05) is 18.7 Å². The van der Waals surface area contributed by atoms with Crippen LogP contribution in [0.5, 0.6) is 5.75 Å². The predicted molar refractivity (Wildman–Crippen MR) is 93.3 cm³/mol. The first kappa shape index (κ1) is 17.0. The molecule has 0 spiro atoms. The number of nitrogens with zero attached hydrogens (tertiary/aromatic N) is 2. The van der Waals surface area contributed by atoms with Crippen LogP contribution in [-0.2, 0) is 22.6 Å². The lowest BCUT2D eigenvalue weighted by atomic mass is 9.81. The molecule has 2 aromatic rings. The Labute approximate surface area is 146 Å². The summed E-state index contributed by atoms with van der Waals surface area (Å²) in [5.74, 6) is 0.913. The number of hydrogen-bond donors (Lipinski definition) is 2. The minimum Gasteiger partial charge on any atom is -0.497 e. The van der Waals surface area contributed by atoms with Crippen molar-refractivity contribution >= 4 is 17.6 Å². The lowest BCUT2D eigenvalue weighted by Crippen LogP contribution is -2.20. The SMILES string of the molecule is COc1ccc2c(c1)CCCC2CC(=O)Nc1ccn(CC(N)=O)n1. The van der Waals surface area contributed by atoms with E-state index in [1.165, 1.54) is 15.8 Å². The first-order valence-corrected chi connectivity index (χ1v) is 8.33. The fraction of sp³-hybridized carbons (Fsp3) is 0.389. The molecule has 0 saturated heterocycles. The van der Waals surface area contributed by atoms with Gasteiger partial charge in [-0.3, -0.25) is 14.3 Å². The summed E-state index contributed by atoms with van der Waals surface area (Å²) in [6.07, 6.45) is 5.08. The van der Waals surface area contributed by atoms with E-state index in [0.29, 0.717) is 12.2 Å². The Morgan fingerprint density at radius 2 is 2.24 bits per heavy atom. The van der Waals surface area contributed by atoms with Gasteiger partial charge in [0.05, 0.1) is 7.11 Å². The lowest BCUT2D eigenvalue weighted by Gasteiger charge is -2.25. The van der Waals surface area contributed by atoms with E-state index in [1.54, 1.807) is 19.4 Å². The number of rotatable bonds is 6. The molecule has 0 fully saturated rings. The van der Waals surface area contributed by atoms with Crippen LogP contribution in [0.4, 0.5) is 5.82 Å². The van der Waals surface area contributed by atoms with Crippen LogP contribution in [0.15, 0.2) is 30.5 Å². The van der Waals surface area contributed by atoms with Gasteiger partial charge in [-0.1, -0.05) is 6.07 Å². The molecule has 7 heteroatoms. The quantitative estimate of drug-likeness (QED) is 0.836. The Hall–Kier alpha value is -2.83. The molecule has 0 bridgehead atoms. The van der Waals surface area contributed by atoms with E-state index in [0.717, 1.165) is 25.0 Å². The Bertz CT molecular complexity index is 784. The van der Waals surface area contributed by atoms with Crippen molar-refractivity contribution in [2.75, 3.05) is 12.4 Å². The molecule has 2 amide bonds. The summed E-state index contributed by atoms with van der Waals surface area (Å²) in [4.78, 5) is 23.3. The maximum absolute atomic E-state index is 12.4. The number of nitrogens with two attached hydrogens (primary N) is 1. The molecule has 25 heavy (non-hydrogen) atoms. The van der Waals surface area contributed by atoms with Crippen molar-refractivity contribution < 1.29 is 14.3 Å². The van der Waals surface area contributed by atoms with Gasteiger partial charge in [-0.2, -0.15) is 5.10 Å². The van der Waals surface area contributed by atoms with Gasteiger partial charge in [-0.15, -0.1) is 0 Å². The number of carbonyl (C=O) groups excluding carboxylic acids is 2. The molecule has 1 aromatic heterocycles. The van der Waals surface area contributed by atoms with E-state index in [4.69, 9.17) is 10.5 Å². The summed E-state index contributed by atoms with van der Waals surface area (Å²) in [7, 11) is 1.66. The van der Waals surface area contributed by atoms with Crippen LogP contribution in [0.25, 0.3) is 0 Å². The van der Waals surface area contributed by atoms with Gasteiger partial charge in [0.1, 0.15) is 12.3 Å². The van der Waals surface area contributed by atoms with Gasteiger partial charge in [-0.25, -0.2) is 0 Å². The van der Waals surface area contributed by atoms with Gasteiger partial charge < -0.3 is 15.8 Å². The predicted octanol–water partition coefficient (Wildman–Crippen LogP) is 1.83. The van der Waals surface area contributed by atoms with Gasteiger partial charge in [0.15, 0.2) is 5.82 Å². The molecule has 1 aromatic carbocycles. The zero-order chi connectivity index (χ0) is 17.8. The molecular weight excluding hydrogens is 320 g/mol. The minimum atomic E-state index is -0.477. The zero-order valence-corrected chi connectivity index (χ0v) is 14.2. The Balaban J connectivity index is 1.64. The number of benzene rings is 1. The van der Waals surface area contributed by atoms with E-state index >= 15 is 0 Å². The molecule has 0 saturated carbocycles. The van der Waals surface area contributed by atoms with Crippen LogP contribution < -0.4 is 15.8 Å². The molecule has 1 atom stereocenters. The molecule has 1 unspecified atom stereocenters. The minimum absolute atomic E-state index is 0.00625. The molecule has 1 heterocycles. The van der Waals surface area contributed by atoms with Crippen LogP contribution in [0.2, 0.25) is 0 Å². The van der Waals surface area contributed by atoms with E-state index in [-0.39, 0.29) is 18.4 Å². The van der Waals surface area contributed by atoms with E-state index in [2.05, 4.69) is 22.5 Å². The van der Waals surface area contributed by atoms with Gasteiger partial charge >= 0.3 is 0 Å². The average Bonchev–Trinajstić information content (AvgIpc) is 3.00. The second-order valence-corrected chi connectivity index (χ2v) is 6.27. The van der Waals surface area contributed by atoms with Crippen LogP contribution >= 0.6 is 0 Å². The first-order valence-electron chi connectivity index (χ1n) is 8.33. The third-order valence-electron chi connectivity index (χ3n) is 4.45. The van der Waals surface area contributed by atoms with Crippen molar-refractivity contribution in [3.05, 3.63) is 41.6 Å². The van der Waals surface area contributed by atoms with Crippen molar-refractivity contribution in [1.29, 1.82) is 0 Å². The van der Waals surface area contributed by atoms with Crippen LogP contribution in [0, 0.1) is 0 Å². The summed E-state index contributed by atoms with van der Waals surface area (Å²) in [6, 6.07) is 7.72. The van der Waals surface area contributed by atoms with Gasteiger partial charge in [-0.05, 0) is 48.4 Å². The summed E-state index contributed by atoms with van der Waals surface area (Å²) in [6.45, 7) is -0.00625. The maximum atomic E-state index is 12.4. The number of nitrogens with one attached hydrogen (secondary N) is 1. The fourth-order valence-electron chi connectivity index (χ4n) is 3.32. The van der Waals surface area contributed by atoms with Crippen LogP contribution in [-0.4, -0.2) is 28.7 Å². The van der Waals surface area contributed by atoms with Crippen molar-refractivity contribution in [3.63, 3.8) is 0 Å². The smallest absolute Gasteiger partial charge is 0.239 e. The highest BCUT2D eigenvalue weighted by Crippen LogP contribution is 2.35. The molecule has 3 N–H and O–H groups in total. The Morgan fingerprint density at radius 3 is 3.00 bits per heavy atom. The number of carbonyl (C=O) groups is 2. The highest BCUT2D eigenvalue weighted by molar-refractivity contribution is 5.90. The summed E-state index contributed by atoms with van der Waals surface area (Å²) >= 11 is 0. The molecular formula is C18H22N4O3. The van der Waals surface area contributed by atoms with Gasteiger partial charge in [0.2, 0.25) is 11.8 Å². The number of primary amides is 1. The summed E-state index contributed by atoms with van der Waals surface area (Å²) in [5, 5.41) is 6.91. The van der Waals surface area contributed by atoms with Crippen LogP contribution in [0.1, 0.15) is 36.3 Å². The molecule has 3 rings (SSSR count). The number of hydrogen-bond acceptors (Lipinski definition) is 4. The highest BCUT2D eigenvalue weighted by Gasteiger charge is 2.23. The van der Waals surface area contributed by atoms with Crippen molar-refractivity contribution in [1.82, 2.24) is 9.78 Å². The summed E-state index contributed by atoms with van der Waals surface area (Å²) < 4.78 is 6.69. The van der Waals surface area contributed by atoms with Crippen LogP contribution in [0.3, 0.4) is 0 Å². The van der Waals surface area contributed by atoms with Crippen molar-refractivity contribution in [3.8, 4) is 5.75 Å². The molecule has 0 radical (unpaired) electrons. The highest BCUT2D eigenvalue weighted by atomic mass is 16.5. The molecule has 0 aliphatic heterocycles. The third-order valence-corrected chi connectivity index (χ3v) is 4.45. The third kappa shape index (κ3) is 4.17. The second-order valence-electron chi connectivity index (χ2n) is 6.27. The topological polar surface area (TPSA) is 99.2 Å². The van der Waals surface area contributed by atoms with E-state index in [1.807, 2.05) is 6.07 Å². The Morgan fingerprint density at radius 1 is 1.40 bits per heavy atom. The standard InChI is InChI=1S/C18H22N4O3/c1-25-14-5-6-15-12(9-14)3-2-4-13(15)10-18(24)20-17-7-8-22(21-17)11-16(19)23/h5-9,13H,2-4,10-11H2,1H3,(H2,19,23)(H,20,21,24). The van der Waals surface area contributed by atoms with Crippen molar-refractivity contribution in [2.45, 2.75) is 38.1 Å². The molecule has 1 aliphatic rings. The lowest BCUT2D eigenvalue weighted by molar-refractivity contribution is -0.118. The zero-order valence-electron chi connectivity index (χ0n) is 14.2. The second kappa shape index (κ2) is 7.38. The number of methoxy groups -OCH3 is 1. The normalized spacial score (nSPS) is 16.1. The fourth-order valence-corrected chi connectivity index (χ4v) is 3.32. The first-order chi connectivity index (χ1) is 12.0. The average molecular weight is 342 g/mol. The van der Waals surface area contributed by atoms with Gasteiger partial charge in [0.25, 0.3) is 0 Å². The molecule has 1 aliphatic carbocycles. The van der Waals surface area contributed by atoms with E-state index < -0.39 is 5.91 Å². The number of amides is 2. The number of aromatic nitrogens is 2.